The second kappa shape index (κ2) is 12.2. The topological polar surface area (TPSA) is 148 Å². The van der Waals surface area contributed by atoms with Crippen LogP contribution in [0.15, 0.2) is 40.8 Å². The van der Waals surface area contributed by atoms with Gasteiger partial charge in [-0.15, -0.1) is 0 Å². The molecule has 1 aliphatic heterocycles. The second-order valence-electron chi connectivity index (χ2n) is 11.4. The van der Waals surface area contributed by atoms with E-state index in [0.29, 0.717) is 17.5 Å². The quantitative estimate of drug-likeness (QED) is 0.305. The number of nitrogens with zero attached hydrogens (tertiary/aromatic N) is 2. The van der Waals surface area contributed by atoms with Crippen molar-refractivity contribution in [2.24, 2.45) is 11.1 Å². The van der Waals surface area contributed by atoms with Crippen LogP contribution in [0.2, 0.25) is 10.0 Å². The van der Waals surface area contributed by atoms with Crippen molar-refractivity contribution in [3.05, 3.63) is 67.8 Å². The summed E-state index contributed by atoms with van der Waals surface area (Å²) >= 11 is 12.7. The molecule has 0 bridgehead atoms. The molecular formula is C30H33Cl2N4O6-. The lowest BCUT2D eigenvalue weighted by molar-refractivity contribution is -0.252. The number of carbonyl (C=O) groups is 3. The summed E-state index contributed by atoms with van der Waals surface area (Å²) in [4.78, 5) is 51.8. The molecule has 3 N–H and O–H groups in total. The Hall–Kier alpha value is -3.76. The number of ether oxygens (including phenoxy) is 1. The van der Waals surface area contributed by atoms with Crippen molar-refractivity contribution in [1.82, 2.24) is 14.5 Å². The lowest BCUT2D eigenvalue weighted by atomic mass is 9.83. The number of carboxylic acid groups (broad SMARTS) is 1. The highest BCUT2D eigenvalue weighted by molar-refractivity contribution is 6.42. The van der Waals surface area contributed by atoms with Gasteiger partial charge in [0.15, 0.2) is 0 Å². The molecule has 0 aliphatic carbocycles. The van der Waals surface area contributed by atoms with Crippen LogP contribution in [0.3, 0.4) is 0 Å². The Labute approximate surface area is 253 Å². The predicted octanol–water partition coefficient (Wildman–Crippen LogP) is 4.39. The maximum atomic E-state index is 14.1. The number of nitrogens with one attached hydrogen (secondary N) is 1. The summed E-state index contributed by atoms with van der Waals surface area (Å²) < 4.78 is 9.27. The van der Waals surface area contributed by atoms with Crippen LogP contribution in [0.25, 0.3) is 17.0 Å². The number of pyridine rings is 1. The average Bonchev–Trinajstić information content (AvgIpc) is 3.50. The minimum Gasteiger partial charge on any atom is -0.530 e. The number of primary amides is 1. The zero-order valence-corrected chi connectivity index (χ0v) is 25.3. The largest absolute Gasteiger partial charge is 0.530 e. The fraction of sp³-hybridized carbons (Fsp3) is 0.400. The van der Waals surface area contributed by atoms with E-state index in [2.05, 4.69) is 5.32 Å². The molecule has 3 aromatic rings. The molecule has 224 valence electrons. The van der Waals surface area contributed by atoms with Gasteiger partial charge in [-0.3, -0.25) is 14.4 Å². The van der Waals surface area contributed by atoms with Gasteiger partial charge in [0.2, 0.25) is 5.91 Å². The lowest BCUT2D eigenvalue weighted by Crippen LogP contribution is -2.46. The molecule has 10 nitrogen and oxygen atoms in total. The standard InChI is InChI=1S/C30H34Cl2N4O6/c1-5-6-12-42-25-16-13-19(31)20(32)14-17(16)28(39)36(24(25)26(30(2,3)4)34-29(40)41)11-9-22(37)23-18(27(33)38)15-35-10-7-8-21(23)35/h7-8,10,13-15,23,26,34H,5-6,9,11-12H2,1-4H3,(H2,33,38)(H,40,41)/p-1. The van der Waals surface area contributed by atoms with E-state index in [0.717, 1.165) is 6.42 Å². The molecule has 0 spiro atoms. The first-order valence-electron chi connectivity index (χ1n) is 13.6. The molecule has 4 rings (SSSR count). The maximum Gasteiger partial charge on any atom is 0.259 e. The van der Waals surface area contributed by atoms with Crippen LogP contribution in [0.5, 0.6) is 5.75 Å². The number of nitrogens with two attached hydrogens (primary N) is 1. The Morgan fingerprint density at radius 2 is 1.83 bits per heavy atom. The summed E-state index contributed by atoms with van der Waals surface area (Å²) in [5, 5.41) is 15.2. The molecule has 2 atom stereocenters. The number of benzene rings is 1. The first-order valence-corrected chi connectivity index (χ1v) is 14.4. The van der Waals surface area contributed by atoms with Crippen LogP contribution >= 0.6 is 23.2 Å². The molecule has 0 radical (unpaired) electrons. The number of ketones is 1. The second-order valence-corrected chi connectivity index (χ2v) is 12.2. The van der Waals surface area contributed by atoms with Gasteiger partial charge in [0, 0.05) is 42.0 Å². The van der Waals surface area contributed by atoms with Gasteiger partial charge in [0.1, 0.15) is 17.6 Å². The summed E-state index contributed by atoms with van der Waals surface area (Å²) in [7, 11) is 0. The molecule has 2 aromatic heterocycles. The number of fused-ring (bicyclic) bond motifs is 2. The lowest BCUT2D eigenvalue weighted by Gasteiger charge is -2.36. The minimum atomic E-state index is -1.54. The number of carbonyl (C=O) groups excluding carboxylic acids is 3. The van der Waals surface area contributed by atoms with Crippen LogP contribution in [0.4, 0.5) is 4.79 Å². The van der Waals surface area contributed by atoms with Gasteiger partial charge in [-0.05, 0) is 36.1 Å². The highest BCUT2D eigenvalue weighted by Gasteiger charge is 2.36. The number of unbranched alkanes of at least 4 members (excludes halogenated alkanes) is 1. The van der Waals surface area contributed by atoms with Gasteiger partial charge in [-0.25, -0.2) is 0 Å². The van der Waals surface area contributed by atoms with E-state index < -0.39 is 34.9 Å². The molecule has 0 saturated heterocycles. The molecule has 2 unspecified atom stereocenters. The van der Waals surface area contributed by atoms with E-state index in [1.54, 1.807) is 43.7 Å². The number of hydrogen-bond acceptors (Lipinski definition) is 6. The molecular weight excluding hydrogens is 583 g/mol. The van der Waals surface area contributed by atoms with Gasteiger partial charge < -0.3 is 34.8 Å². The zero-order chi connectivity index (χ0) is 30.9. The monoisotopic (exact) mass is 615 g/mol. The van der Waals surface area contributed by atoms with Gasteiger partial charge in [0.05, 0.1) is 39.7 Å². The van der Waals surface area contributed by atoms with E-state index in [-0.39, 0.29) is 57.8 Å². The SMILES string of the molecule is CCCCOc1c(C(NC(=O)[O-])C(C)(C)C)n(CCC(=O)C2C(C(N)=O)=Cn3cccc32)c(=O)c2cc(Cl)c(Cl)cc12. The predicted molar refractivity (Wildman–Crippen MR) is 160 cm³/mol. The van der Waals surface area contributed by atoms with Crippen LogP contribution < -0.4 is 26.5 Å². The molecule has 2 amide bonds. The smallest absolute Gasteiger partial charge is 0.259 e. The van der Waals surface area contributed by atoms with Gasteiger partial charge in [-0.1, -0.05) is 57.3 Å². The van der Waals surface area contributed by atoms with Crippen molar-refractivity contribution in [2.45, 2.75) is 65.5 Å². The van der Waals surface area contributed by atoms with Crippen molar-refractivity contribution in [1.29, 1.82) is 0 Å². The first kappa shape index (κ1) is 31.2. The Morgan fingerprint density at radius 1 is 1.17 bits per heavy atom. The normalized spacial score (nSPS) is 15.3. The van der Waals surface area contributed by atoms with E-state index in [4.69, 9.17) is 33.7 Å². The third-order valence-electron chi connectivity index (χ3n) is 7.34. The Kier molecular flexibility index (Phi) is 9.08. The number of rotatable bonds is 11. The molecule has 12 heteroatoms. The fourth-order valence-electron chi connectivity index (χ4n) is 5.28. The molecule has 1 aromatic carbocycles. The molecule has 42 heavy (non-hydrogen) atoms. The summed E-state index contributed by atoms with van der Waals surface area (Å²) in [6.45, 7) is 7.55. The third-order valence-corrected chi connectivity index (χ3v) is 8.06. The van der Waals surface area contributed by atoms with Crippen molar-refractivity contribution >= 4 is 58.0 Å². The maximum absolute atomic E-state index is 14.1. The summed E-state index contributed by atoms with van der Waals surface area (Å²) in [6, 6.07) is 5.46. The van der Waals surface area contributed by atoms with Crippen LogP contribution in [0, 0.1) is 5.41 Å². The van der Waals surface area contributed by atoms with Gasteiger partial charge >= 0.3 is 0 Å². The number of hydrogen-bond donors (Lipinski definition) is 2. The van der Waals surface area contributed by atoms with Crippen molar-refractivity contribution < 1.29 is 24.2 Å². The third kappa shape index (κ3) is 6.05. The number of Topliss-reactive ketones (excluding diaryl/α,β-unsaturated/α-hetero) is 1. The van der Waals surface area contributed by atoms with Crippen LogP contribution in [-0.4, -0.2) is 33.5 Å². The molecule has 0 saturated carbocycles. The van der Waals surface area contributed by atoms with E-state index in [9.17, 15) is 24.3 Å². The molecule has 0 fully saturated rings. The van der Waals surface area contributed by atoms with Gasteiger partial charge in [0.25, 0.3) is 5.56 Å². The molecule has 1 aliphatic rings. The zero-order valence-electron chi connectivity index (χ0n) is 23.8. The van der Waals surface area contributed by atoms with Crippen molar-refractivity contribution in [3.8, 4) is 5.75 Å². The summed E-state index contributed by atoms with van der Waals surface area (Å²) in [5.41, 5.74) is 5.28. The number of amides is 2. The Balaban J connectivity index is 1.91. The van der Waals surface area contributed by atoms with E-state index in [1.807, 2.05) is 6.92 Å². The van der Waals surface area contributed by atoms with E-state index >= 15 is 0 Å². The molecule has 3 heterocycles. The van der Waals surface area contributed by atoms with Crippen molar-refractivity contribution in [2.75, 3.05) is 6.61 Å². The Morgan fingerprint density at radius 3 is 2.43 bits per heavy atom. The summed E-state index contributed by atoms with van der Waals surface area (Å²) in [6.07, 6.45) is 3.05. The highest BCUT2D eigenvalue weighted by atomic mass is 35.5. The van der Waals surface area contributed by atoms with Crippen LogP contribution in [-0.2, 0) is 16.1 Å². The Bertz CT molecular complexity index is 1650. The van der Waals surface area contributed by atoms with Crippen LogP contribution in [0.1, 0.15) is 70.3 Å². The summed E-state index contributed by atoms with van der Waals surface area (Å²) in [5.74, 6) is -1.70. The first-order chi connectivity index (χ1) is 19.8. The number of aromatic nitrogens is 2. The highest BCUT2D eigenvalue weighted by Crippen LogP contribution is 2.42. The van der Waals surface area contributed by atoms with E-state index in [1.165, 1.54) is 22.9 Å². The van der Waals surface area contributed by atoms with Crippen molar-refractivity contribution in [3.63, 3.8) is 0 Å². The number of halogens is 2. The fourth-order valence-corrected chi connectivity index (χ4v) is 5.61. The van der Waals surface area contributed by atoms with Gasteiger partial charge in [-0.2, -0.15) is 0 Å². The minimum absolute atomic E-state index is 0.141. The average molecular weight is 617 g/mol.